The molecule has 1 atom stereocenters. The molecule has 2 amide bonds. The number of carbonyl (C=O) groups is 2. The summed E-state index contributed by atoms with van der Waals surface area (Å²) in [4.78, 5) is 22.9. The van der Waals surface area contributed by atoms with Crippen molar-refractivity contribution in [3.05, 3.63) is 29.8 Å². The lowest BCUT2D eigenvalue weighted by atomic mass is 10.0. The number of nitrogens with one attached hydrogen (secondary N) is 1. The Balaban J connectivity index is 2.83. The SMILES string of the molecule is CC(C)CC(CN)NC(=O)c1ccc(S(=O)(=O)CC(N)=O)cc1. The van der Waals surface area contributed by atoms with Gasteiger partial charge in [0.1, 0.15) is 5.75 Å². The smallest absolute Gasteiger partial charge is 0.251 e. The van der Waals surface area contributed by atoms with E-state index >= 15 is 0 Å². The lowest BCUT2D eigenvalue weighted by molar-refractivity contribution is -0.115. The molecule has 8 heteroatoms. The average molecular weight is 341 g/mol. The van der Waals surface area contributed by atoms with Crippen LogP contribution in [0.5, 0.6) is 0 Å². The molecule has 0 aromatic heterocycles. The van der Waals surface area contributed by atoms with Crippen LogP contribution in [0.4, 0.5) is 0 Å². The second-order valence-corrected chi connectivity index (χ2v) is 7.77. The quantitative estimate of drug-likeness (QED) is 0.614. The molecule has 0 saturated heterocycles. The largest absolute Gasteiger partial charge is 0.369 e. The molecule has 0 aliphatic rings. The van der Waals surface area contributed by atoms with E-state index < -0.39 is 21.5 Å². The minimum atomic E-state index is -3.77. The molecule has 0 heterocycles. The van der Waals surface area contributed by atoms with E-state index in [1.165, 1.54) is 24.3 Å². The number of amides is 2. The van der Waals surface area contributed by atoms with Crippen molar-refractivity contribution in [3.8, 4) is 0 Å². The topological polar surface area (TPSA) is 132 Å². The van der Waals surface area contributed by atoms with Gasteiger partial charge in [-0.3, -0.25) is 9.59 Å². The zero-order valence-electron chi connectivity index (χ0n) is 13.3. The van der Waals surface area contributed by atoms with E-state index in [4.69, 9.17) is 11.5 Å². The van der Waals surface area contributed by atoms with E-state index in [-0.39, 0.29) is 16.8 Å². The highest BCUT2D eigenvalue weighted by atomic mass is 32.2. The van der Waals surface area contributed by atoms with Crippen molar-refractivity contribution in [2.75, 3.05) is 12.3 Å². The molecule has 0 spiro atoms. The monoisotopic (exact) mass is 341 g/mol. The molecule has 23 heavy (non-hydrogen) atoms. The predicted octanol–water partition coefficient (Wildman–Crippen LogP) is 0.0488. The molecule has 1 unspecified atom stereocenters. The van der Waals surface area contributed by atoms with Crippen LogP contribution in [0.15, 0.2) is 29.2 Å². The first-order valence-electron chi connectivity index (χ1n) is 7.27. The first-order chi connectivity index (χ1) is 10.7. The van der Waals surface area contributed by atoms with Gasteiger partial charge in [-0.05, 0) is 36.6 Å². The van der Waals surface area contributed by atoms with Crippen molar-refractivity contribution in [2.24, 2.45) is 17.4 Å². The molecule has 0 radical (unpaired) electrons. The Bertz CT molecular complexity index is 654. The van der Waals surface area contributed by atoms with E-state index in [0.29, 0.717) is 18.0 Å². The maximum atomic E-state index is 12.1. The van der Waals surface area contributed by atoms with Crippen molar-refractivity contribution < 1.29 is 18.0 Å². The van der Waals surface area contributed by atoms with Crippen LogP contribution in [0.1, 0.15) is 30.6 Å². The highest BCUT2D eigenvalue weighted by Crippen LogP contribution is 2.13. The third-order valence-electron chi connectivity index (χ3n) is 3.18. The summed E-state index contributed by atoms with van der Waals surface area (Å²) in [7, 11) is -3.77. The fourth-order valence-electron chi connectivity index (χ4n) is 2.14. The average Bonchev–Trinajstić information content (AvgIpc) is 2.44. The zero-order valence-corrected chi connectivity index (χ0v) is 14.1. The van der Waals surface area contributed by atoms with E-state index in [1.807, 2.05) is 13.8 Å². The standard InChI is InChI=1S/C15H23N3O4S/c1-10(2)7-12(8-16)18-15(20)11-3-5-13(6-4-11)23(21,22)9-14(17)19/h3-6,10,12H,7-9,16H2,1-2H3,(H2,17,19)(H,18,20). The maximum absolute atomic E-state index is 12.1. The first kappa shape index (κ1) is 19.1. The third kappa shape index (κ3) is 5.99. The molecule has 5 N–H and O–H groups in total. The maximum Gasteiger partial charge on any atom is 0.251 e. The summed E-state index contributed by atoms with van der Waals surface area (Å²) in [5.41, 5.74) is 10.9. The van der Waals surface area contributed by atoms with Crippen LogP contribution in [0.25, 0.3) is 0 Å². The summed E-state index contributed by atoms with van der Waals surface area (Å²) in [6.07, 6.45) is 0.757. The number of rotatable bonds is 8. The van der Waals surface area contributed by atoms with Crippen molar-refractivity contribution in [1.29, 1.82) is 0 Å². The molecule has 0 bridgehead atoms. The molecule has 7 nitrogen and oxygen atoms in total. The Morgan fingerprint density at radius 3 is 2.17 bits per heavy atom. The summed E-state index contributed by atoms with van der Waals surface area (Å²) in [5.74, 6) is -1.61. The third-order valence-corrected chi connectivity index (χ3v) is 4.84. The number of sulfone groups is 1. The van der Waals surface area contributed by atoms with Crippen molar-refractivity contribution in [1.82, 2.24) is 5.32 Å². The van der Waals surface area contributed by atoms with E-state index in [1.54, 1.807) is 0 Å². The molecule has 1 rings (SSSR count). The number of hydrogen-bond acceptors (Lipinski definition) is 5. The van der Waals surface area contributed by atoms with Crippen molar-refractivity contribution in [3.63, 3.8) is 0 Å². The Labute approximate surface area is 136 Å². The molecule has 1 aromatic carbocycles. The molecule has 0 aliphatic carbocycles. The number of primary amides is 1. The van der Waals surface area contributed by atoms with E-state index in [0.717, 1.165) is 6.42 Å². The van der Waals surface area contributed by atoms with E-state index in [9.17, 15) is 18.0 Å². The number of carbonyl (C=O) groups excluding carboxylic acids is 2. The molecule has 0 saturated carbocycles. The van der Waals surface area contributed by atoms with Crippen LogP contribution >= 0.6 is 0 Å². The fourth-order valence-corrected chi connectivity index (χ4v) is 3.23. The first-order valence-corrected chi connectivity index (χ1v) is 8.93. The van der Waals surface area contributed by atoms with Gasteiger partial charge in [-0.25, -0.2) is 8.42 Å². The molecular weight excluding hydrogens is 318 g/mol. The van der Waals surface area contributed by atoms with Crippen LogP contribution in [-0.2, 0) is 14.6 Å². The van der Waals surface area contributed by atoms with Gasteiger partial charge in [-0.15, -0.1) is 0 Å². The van der Waals surface area contributed by atoms with Gasteiger partial charge >= 0.3 is 0 Å². The molecule has 0 aliphatic heterocycles. The summed E-state index contributed by atoms with van der Waals surface area (Å²) >= 11 is 0. The Kier molecular flexibility index (Phi) is 6.71. The molecular formula is C15H23N3O4S. The second-order valence-electron chi connectivity index (χ2n) is 5.79. The number of nitrogens with two attached hydrogens (primary N) is 2. The highest BCUT2D eigenvalue weighted by molar-refractivity contribution is 7.92. The minimum absolute atomic E-state index is 0.0506. The van der Waals surface area contributed by atoms with Gasteiger partial charge in [0.05, 0.1) is 4.90 Å². The lowest BCUT2D eigenvalue weighted by Gasteiger charge is -2.18. The summed E-state index contributed by atoms with van der Waals surface area (Å²) < 4.78 is 23.7. The van der Waals surface area contributed by atoms with Crippen molar-refractivity contribution >= 4 is 21.7 Å². The number of benzene rings is 1. The van der Waals surface area contributed by atoms with Gasteiger partial charge in [-0.2, -0.15) is 0 Å². The minimum Gasteiger partial charge on any atom is -0.369 e. The van der Waals surface area contributed by atoms with Gasteiger partial charge in [0.2, 0.25) is 5.91 Å². The molecule has 0 fully saturated rings. The van der Waals surface area contributed by atoms with Crippen LogP contribution in [0.3, 0.4) is 0 Å². The molecule has 128 valence electrons. The number of hydrogen-bond donors (Lipinski definition) is 3. The van der Waals surface area contributed by atoms with Gasteiger partial charge in [0.15, 0.2) is 9.84 Å². The fraction of sp³-hybridized carbons (Fsp3) is 0.467. The highest BCUT2D eigenvalue weighted by Gasteiger charge is 2.19. The van der Waals surface area contributed by atoms with Gasteiger partial charge in [0.25, 0.3) is 5.91 Å². The Morgan fingerprint density at radius 2 is 1.74 bits per heavy atom. The van der Waals surface area contributed by atoms with Gasteiger partial charge < -0.3 is 16.8 Å². The second kappa shape index (κ2) is 8.07. The molecule has 1 aromatic rings. The Hall–Kier alpha value is -1.93. The van der Waals surface area contributed by atoms with Gasteiger partial charge in [0, 0.05) is 18.2 Å². The summed E-state index contributed by atoms with van der Waals surface area (Å²) in [6, 6.07) is 5.22. The summed E-state index contributed by atoms with van der Waals surface area (Å²) in [5, 5.41) is 2.82. The van der Waals surface area contributed by atoms with Crippen LogP contribution in [0.2, 0.25) is 0 Å². The van der Waals surface area contributed by atoms with Crippen LogP contribution in [0, 0.1) is 5.92 Å². The van der Waals surface area contributed by atoms with Crippen LogP contribution in [-0.4, -0.2) is 38.6 Å². The van der Waals surface area contributed by atoms with E-state index in [2.05, 4.69) is 5.32 Å². The zero-order chi connectivity index (χ0) is 17.6. The van der Waals surface area contributed by atoms with Crippen molar-refractivity contribution in [2.45, 2.75) is 31.2 Å². The summed E-state index contributed by atoms with van der Waals surface area (Å²) in [6.45, 7) is 4.40. The van der Waals surface area contributed by atoms with Crippen LogP contribution < -0.4 is 16.8 Å². The lowest BCUT2D eigenvalue weighted by Crippen LogP contribution is -2.41. The predicted molar refractivity (Wildman–Crippen MR) is 87.5 cm³/mol. The normalized spacial score (nSPS) is 12.9. The Morgan fingerprint density at radius 1 is 1.17 bits per heavy atom. The van der Waals surface area contributed by atoms with Gasteiger partial charge in [-0.1, -0.05) is 13.8 Å².